The topological polar surface area (TPSA) is 35.2 Å². The van der Waals surface area contributed by atoms with Crippen LogP contribution in [0.2, 0.25) is 0 Å². The Morgan fingerprint density at radius 2 is 1.93 bits per heavy atom. The molecule has 1 aromatic carbocycles. The van der Waals surface area contributed by atoms with Crippen LogP contribution in [0.5, 0.6) is 5.75 Å². The second-order valence-electron chi connectivity index (χ2n) is 2.85. The minimum Gasteiger partial charge on any atom is -0.496 e. The first-order valence-corrected chi connectivity index (χ1v) is 4.03. The third kappa shape index (κ3) is 2.38. The minimum atomic E-state index is -4.66. The van der Waals surface area contributed by atoms with Crippen LogP contribution in [-0.2, 0) is 12.7 Å². The summed E-state index contributed by atoms with van der Waals surface area (Å²) < 4.78 is 54.8. The molecule has 0 atom stereocenters. The minimum absolute atomic E-state index is 0.00942. The fraction of sp³-hybridized carbons (Fsp3) is 0.333. The smallest absolute Gasteiger partial charge is 0.420 e. The summed E-state index contributed by atoms with van der Waals surface area (Å²) >= 11 is 0. The zero-order valence-corrected chi connectivity index (χ0v) is 7.86. The van der Waals surface area contributed by atoms with E-state index in [9.17, 15) is 17.6 Å². The summed E-state index contributed by atoms with van der Waals surface area (Å²) in [5.41, 5.74) is 4.04. The van der Waals surface area contributed by atoms with Crippen molar-refractivity contribution in [2.75, 3.05) is 7.11 Å². The van der Waals surface area contributed by atoms with Gasteiger partial charge < -0.3 is 10.5 Å². The monoisotopic (exact) mass is 223 g/mol. The van der Waals surface area contributed by atoms with Crippen LogP contribution in [0, 0.1) is 5.82 Å². The van der Waals surface area contributed by atoms with Gasteiger partial charge in [0.05, 0.1) is 7.11 Å². The van der Waals surface area contributed by atoms with Crippen LogP contribution in [0.25, 0.3) is 0 Å². The van der Waals surface area contributed by atoms with E-state index in [-0.39, 0.29) is 12.1 Å². The van der Waals surface area contributed by atoms with E-state index < -0.39 is 23.3 Å². The quantitative estimate of drug-likeness (QED) is 0.781. The van der Waals surface area contributed by atoms with Crippen molar-refractivity contribution in [3.05, 3.63) is 29.1 Å². The molecule has 2 nitrogen and oxygen atoms in total. The molecule has 84 valence electrons. The van der Waals surface area contributed by atoms with Crippen LogP contribution in [0.15, 0.2) is 12.1 Å². The van der Waals surface area contributed by atoms with Gasteiger partial charge in [-0.25, -0.2) is 4.39 Å². The molecule has 15 heavy (non-hydrogen) atoms. The van der Waals surface area contributed by atoms with Gasteiger partial charge in [0, 0.05) is 12.1 Å². The first-order valence-electron chi connectivity index (χ1n) is 4.03. The fourth-order valence-corrected chi connectivity index (χ4v) is 1.25. The number of rotatable bonds is 2. The molecule has 0 aliphatic heterocycles. The molecule has 0 aliphatic rings. The number of alkyl halides is 3. The SMILES string of the molecule is COc1c(CN)cc(F)cc1C(F)(F)F. The van der Waals surface area contributed by atoms with Gasteiger partial charge in [-0.1, -0.05) is 0 Å². The average molecular weight is 223 g/mol. The van der Waals surface area contributed by atoms with Crippen molar-refractivity contribution in [3.8, 4) is 5.75 Å². The lowest BCUT2D eigenvalue weighted by Crippen LogP contribution is -2.11. The largest absolute Gasteiger partial charge is 0.496 e. The lowest BCUT2D eigenvalue weighted by atomic mass is 10.1. The van der Waals surface area contributed by atoms with Crippen LogP contribution < -0.4 is 10.5 Å². The van der Waals surface area contributed by atoms with Gasteiger partial charge in [0.25, 0.3) is 0 Å². The van der Waals surface area contributed by atoms with Gasteiger partial charge in [-0.2, -0.15) is 13.2 Å². The molecule has 0 saturated carbocycles. The predicted molar refractivity (Wildman–Crippen MR) is 45.8 cm³/mol. The summed E-state index contributed by atoms with van der Waals surface area (Å²) in [6.45, 7) is -0.218. The zero-order chi connectivity index (χ0) is 11.6. The Bertz CT molecular complexity index is 362. The van der Waals surface area contributed by atoms with Gasteiger partial charge in [0.2, 0.25) is 0 Å². The molecule has 6 heteroatoms. The number of methoxy groups -OCH3 is 1. The summed E-state index contributed by atoms with van der Waals surface area (Å²) in [5, 5.41) is 0. The Kier molecular flexibility index (Phi) is 3.18. The molecular formula is C9H9F4NO. The van der Waals surface area contributed by atoms with Crippen molar-refractivity contribution in [2.24, 2.45) is 5.73 Å². The van der Waals surface area contributed by atoms with Crippen LogP contribution in [0.3, 0.4) is 0 Å². The van der Waals surface area contributed by atoms with Crippen molar-refractivity contribution in [1.82, 2.24) is 0 Å². The Morgan fingerprint density at radius 1 is 1.33 bits per heavy atom. The summed E-state index contributed by atoms with van der Waals surface area (Å²) in [5.74, 6) is -1.41. The molecule has 0 spiro atoms. The summed E-state index contributed by atoms with van der Waals surface area (Å²) in [6, 6.07) is 1.31. The van der Waals surface area contributed by atoms with E-state index in [1.54, 1.807) is 0 Å². The molecule has 0 amide bonds. The molecule has 0 aromatic heterocycles. The van der Waals surface area contributed by atoms with E-state index >= 15 is 0 Å². The number of hydrogen-bond acceptors (Lipinski definition) is 2. The number of halogens is 4. The second-order valence-corrected chi connectivity index (χ2v) is 2.85. The van der Waals surface area contributed by atoms with Gasteiger partial charge in [0.1, 0.15) is 17.1 Å². The maximum Gasteiger partial charge on any atom is 0.420 e. The van der Waals surface area contributed by atoms with Crippen molar-refractivity contribution in [1.29, 1.82) is 0 Å². The molecule has 1 rings (SSSR count). The van der Waals surface area contributed by atoms with Crippen molar-refractivity contribution >= 4 is 0 Å². The highest BCUT2D eigenvalue weighted by atomic mass is 19.4. The van der Waals surface area contributed by atoms with E-state index in [2.05, 4.69) is 4.74 Å². The predicted octanol–water partition coefficient (Wildman–Crippen LogP) is 2.31. The molecule has 0 unspecified atom stereocenters. The van der Waals surface area contributed by atoms with Crippen LogP contribution in [-0.4, -0.2) is 7.11 Å². The van der Waals surface area contributed by atoms with Crippen LogP contribution in [0.4, 0.5) is 17.6 Å². The van der Waals surface area contributed by atoms with Crippen molar-refractivity contribution in [3.63, 3.8) is 0 Å². The van der Waals surface area contributed by atoms with E-state index in [0.29, 0.717) is 6.07 Å². The Balaban J connectivity index is 3.42. The first kappa shape index (κ1) is 11.8. The zero-order valence-electron chi connectivity index (χ0n) is 7.86. The summed E-state index contributed by atoms with van der Waals surface area (Å²) in [7, 11) is 1.08. The van der Waals surface area contributed by atoms with Gasteiger partial charge >= 0.3 is 6.18 Å². The van der Waals surface area contributed by atoms with Crippen LogP contribution >= 0.6 is 0 Å². The summed E-state index contributed by atoms with van der Waals surface area (Å²) in [6.07, 6.45) is -4.66. The van der Waals surface area contributed by atoms with Crippen LogP contribution in [0.1, 0.15) is 11.1 Å². The van der Waals surface area contributed by atoms with Gasteiger partial charge in [-0.3, -0.25) is 0 Å². The lowest BCUT2D eigenvalue weighted by Gasteiger charge is -2.15. The maximum absolute atomic E-state index is 12.9. The third-order valence-corrected chi connectivity index (χ3v) is 1.86. The molecular weight excluding hydrogens is 214 g/mol. The lowest BCUT2D eigenvalue weighted by molar-refractivity contribution is -0.139. The summed E-state index contributed by atoms with van der Waals surface area (Å²) in [4.78, 5) is 0. The highest BCUT2D eigenvalue weighted by molar-refractivity contribution is 5.43. The van der Waals surface area contributed by atoms with Gasteiger partial charge in [-0.15, -0.1) is 0 Å². The molecule has 1 aromatic rings. The van der Waals surface area contributed by atoms with Gasteiger partial charge in [-0.05, 0) is 12.1 Å². The van der Waals surface area contributed by atoms with E-state index in [1.807, 2.05) is 0 Å². The number of ether oxygens (including phenoxy) is 1. The average Bonchev–Trinajstić information content (AvgIpc) is 2.15. The Labute approximate surface area is 83.6 Å². The molecule has 0 bridgehead atoms. The molecule has 0 saturated heterocycles. The fourth-order valence-electron chi connectivity index (χ4n) is 1.25. The van der Waals surface area contributed by atoms with Crippen molar-refractivity contribution < 1.29 is 22.3 Å². The Hall–Kier alpha value is -1.30. The molecule has 0 heterocycles. The third-order valence-electron chi connectivity index (χ3n) is 1.86. The maximum atomic E-state index is 12.9. The van der Waals surface area contributed by atoms with Gasteiger partial charge in [0.15, 0.2) is 0 Å². The highest BCUT2D eigenvalue weighted by Gasteiger charge is 2.35. The standard InChI is InChI=1S/C9H9F4NO/c1-15-8-5(4-14)2-6(10)3-7(8)9(11,12)13/h2-3H,4,14H2,1H3. The molecule has 0 aliphatic carbocycles. The normalized spacial score (nSPS) is 11.6. The molecule has 0 radical (unpaired) electrons. The number of nitrogens with two attached hydrogens (primary N) is 1. The van der Waals surface area contributed by atoms with E-state index in [0.717, 1.165) is 13.2 Å². The van der Waals surface area contributed by atoms with E-state index in [1.165, 1.54) is 0 Å². The number of benzene rings is 1. The highest BCUT2D eigenvalue weighted by Crippen LogP contribution is 2.38. The van der Waals surface area contributed by atoms with E-state index in [4.69, 9.17) is 5.73 Å². The second kappa shape index (κ2) is 4.06. The molecule has 0 fully saturated rings. The first-order chi connectivity index (χ1) is 6.90. The number of hydrogen-bond donors (Lipinski definition) is 1. The Morgan fingerprint density at radius 3 is 2.33 bits per heavy atom. The van der Waals surface area contributed by atoms with Crippen molar-refractivity contribution in [2.45, 2.75) is 12.7 Å². The molecule has 2 N–H and O–H groups in total.